The summed E-state index contributed by atoms with van der Waals surface area (Å²) in [5.41, 5.74) is 5.95. The molecule has 2 saturated heterocycles. The van der Waals surface area contributed by atoms with Gasteiger partial charge >= 0.3 is 12.0 Å². The molecule has 3 amide bonds. The van der Waals surface area contributed by atoms with Gasteiger partial charge in [0.05, 0.1) is 11.3 Å². The zero-order chi connectivity index (χ0) is 20.1. The minimum absolute atomic E-state index is 0.0284. The monoisotopic (exact) mass is 394 g/mol. The number of hydrogen-bond acceptors (Lipinski definition) is 6. The number of sulfone groups is 1. The van der Waals surface area contributed by atoms with Gasteiger partial charge in [0.15, 0.2) is 21.3 Å². The summed E-state index contributed by atoms with van der Waals surface area (Å²) in [5, 5.41) is 10.5. The Hall–Kier alpha value is -2.95. The molecule has 2 fully saturated rings. The highest BCUT2D eigenvalue weighted by Gasteiger charge is 2.70. The molecule has 3 heterocycles. The number of carbonyl (C=O) groups is 3. The van der Waals surface area contributed by atoms with Crippen LogP contribution in [0, 0.1) is 0 Å². The molecule has 1 aromatic heterocycles. The first-order valence-electron chi connectivity index (χ1n) is 7.97. The molecule has 10 nitrogen and oxygen atoms in total. The first-order valence-corrected chi connectivity index (χ1v) is 9.52. The van der Waals surface area contributed by atoms with E-state index in [0.717, 1.165) is 4.90 Å². The smallest absolute Gasteiger partial charge is 0.328 e. The number of carbonyl (C=O) groups excluding carboxylic acids is 2. The van der Waals surface area contributed by atoms with E-state index in [1.165, 1.54) is 26.1 Å². The average Bonchev–Trinajstić information content (AvgIpc) is 2.72. The molecule has 2 atom stereocenters. The first kappa shape index (κ1) is 18.8. The fourth-order valence-corrected chi connectivity index (χ4v) is 5.49. The SMILES string of the molecule is CC1(C)[C@H](C(=O)O)N2C(=O)C(=Cc3cc(CNC(N)=O)ccn3)[C@H]2S1(=O)=O. The van der Waals surface area contributed by atoms with Crippen molar-refractivity contribution >= 4 is 33.8 Å². The van der Waals surface area contributed by atoms with E-state index in [1.54, 1.807) is 12.1 Å². The van der Waals surface area contributed by atoms with Crippen LogP contribution in [-0.2, 0) is 26.0 Å². The van der Waals surface area contributed by atoms with Gasteiger partial charge in [-0.05, 0) is 37.6 Å². The summed E-state index contributed by atoms with van der Waals surface area (Å²) in [6, 6.07) is 1.05. The Morgan fingerprint density at radius 1 is 1.44 bits per heavy atom. The minimum Gasteiger partial charge on any atom is -0.480 e. The summed E-state index contributed by atoms with van der Waals surface area (Å²) in [7, 11) is -3.94. The molecule has 0 aromatic carbocycles. The maximum Gasteiger partial charge on any atom is 0.328 e. The van der Waals surface area contributed by atoms with E-state index < -0.39 is 43.9 Å². The summed E-state index contributed by atoms with van der Waals surface area (Å²) < 4.78 is 24.0. The van der Waals surface area contributed by atoms with Crippen LogP contribution in [0.5, 0.6) is 0 Å². The Balaban J connectivity index is 1.96. The number of urea groups is 1. The predicted octanol–water partition coefficient (Wildman–Crippen LogP) is -0.538. The van der Waals surface area contributed by atoms with Gasteiger partial charge in [0, 0.05) is 12.7 Å². The summed E-state index contributed by atoms with van der Waals surface area (Å²) in [4.78, 5) is 39.8. The second kappa shape index (κ2) is 6.05. The van der Waals surface area contributed by atoms with Gasteiger partial charge in [0.1, 0.15) is 4.75 Å². The number of hydrogen-bond donors (Lipinski definition) is 3. The number of amides is 3. The van der Waals surface area contributed by atoms with E-state index in [0.29, 0.717) is 11.3 Å². The lowest BCUT2D eigenvalue weighted by Crippen LogP contribution is -2.58. The van der Waals surface area contributed by atoms with Crippen molar-refractivity contribution in [3.8, 4) is 0 Å². The van der Waals surface area contributed by atoms with Gasteiger partial charge in [0.2, 0.25) is 0 Å². The summed E-state index contributed by atoms with van der Waals surface area (Å²) >= 11 is 0. The van der Waals surface area contributed by atoms with E-state index in [9.17, 15) is 27.9 Å². The zero-order valence-corrected chi connectivity index (χ0v) is 15.4. The van der Waals surface area contributed by atoms with Crippen molar-refractivity contribution in [1.82, 2.24) is 15.2 Å². The molecule has 4 N–H and O–H groups in total. The van der Waals surface area contributed by atoms with Crippen molar-refractivity contribution in [3.05, 3.63) is 35.2 Å². The molecular weight excluding hydrogens is 376 g/mol. The van der Waals surface area contributed by atoms with Crippen LogP contribution in [0.2, 0.25) is 0 Å². The van der Waals surface area contributed by atoms with Crippen LogP contribution < -0.4 is 11.1 Å². The minimum atomic E-state index is -3.94. The molecule has 3 rings (SSSR count). The number of rotatable bonds is 4. The number of carboxylic acids is 1. The van der Waals surface area contributed by atoms with Crippen molar-refractivity contribution in [1.29, 1.82) is 0 Å². The number of nitrogens with two attached hydrogens (primary N) is 1. The third kappa shape index (κ3) is 2.74. The van der Waals surface area contributed by atoms with Crippen molar-refractivity contribution in [3.63, 3.8) is 0 Å². The average molecular weight is 394 g/mol. The number of carboxylic acid groups (broad SMARTS) is 1. The van der Waals surface area contributed by atoms with Crippen LogP contribution in [0.15, 0.2) is 23.9 Å². The fourth-order valence-electron chi connectivity index (χ4n) is 3.37. The predicted molar refractivity (Wildman–Crippen MR) is 93.7 cm³/mol. The number of aromatic nitrogens is 1. The van der Waals surface area contributed by atoms with Crippen LogP contribution in [0.4, 0.5) is 4.79 Å². The molecule has 0 spiro atoms. The Kier molecular flexibility index (Phi) is 4.22. The topological polar surface area (TPSA) is 160 Å². The Bertz CT molecular complexity index is 984. The molecule has 1 aromatic rings. The molecule has 0 aliphatic carbocycles. The quantitative estimate of drug-likeness (QED) is 0.457. The highest BCUT2D eigenvalue weighted by atomic mass is 32.2. The van der Waals surface area contributed by atoms with Gasteiger partial charge in [-0.25, -0.2) is 18.0 Å². The second-order valence-corrected chi connectivity index (χ2v) is 9.45. The van der Waals surface area contributed by atoms with Gasteiger partial charge in [-0.15, -0.1) is 0 Å². The third-order valence-corrected chi connectivity index (χ3v) is 7.57. The lowest BCUT2D eigenvalue weighted by atomic mass is 9.95. The lowest BCUT2D eigenvalue weighted by Gasteiger charge is -2.37. The lowest BCUT2D eigenvalue weighted by molar-refractivity contribution is -0.152. The molecule has 11 heteroatoms. The van der Waals surface area contributed by atoms with Gasteiger partial charge in [-0.3, -0.25) is 9.78 Å². The number of primary amides is 1. The molecule has 0 radical (unpaired) electrons. The normalized spacial score (nSPS) is 26.4. The van der Waals surface area contributed by atoms with Crippen molar-refractivity contribution in [2.75, 3.05) is 0 Å². The summed E-state index contributed by atoms with van der Waals surface area (Å²) in [6.45, 7) is 2.75. The fraction of sp³-hybridized carbons (Fsp3) is 0.375. The second-order valence-electron chi connectivity index (χ2n) is 6.86. The van der Waals surface area contributed by atoms with Crippen LogP contribution in [0.3, 0.4) is 0 Å². The van der Waals surface area contributed by atoms with Crippen molar-refractivity contribution in [2.24, 2.45) is 5.73 Å². The Labute approximate surface area is 155 Å². The summed E-state index contributed by atoms with van der Waals surface area (Å²) in [6.07, 6.45) is 2.77. The summed E-state index contributed by atoms with van der Waals surface area (Å²) in [5.74, 6) is -2.01. The molecule has 0 saturated carbocycles. The maximum atomic E-state index is 12.8. The molecule has 2 aliphatic heterocycles. The largest absolute Gasteiger partial charge is 0.480 e. The Morgan fingerprint density at radius 2 is 2.11 bits per heavy atom. The van der Waals surface area contributed by atoms with Gasteiger partial charge < -0.3 is 21.1 Å². The molecule has 27 heavy (non-hydrogen) atoms. The van der Waals surface area contributed by atoms with E-state index >= 15 is 0 Å². The highest BCUT2D eigenvalue weighted by Crippen LogP contribution is 2.48. The molecule has 144 valence electrons. The molecule has 0 bridgehead atoms. The molecular formula is C16H18N4O6S. The standard InChI is InChI=1S/C16H18N4O6S/c1-16(2)11(14(22)23)20-12(21)10(13(20)27(16,25)26)6-9-5-8(3-4-18-9)7-19-15(17)24/h3-6,11,13H,7H2,1-2H3,(H,22,23)(H3,17,19,24)/t11-,13+/m0/s1. The number of nitrogens with one attached hydrogen (secondary N) is 1. The van der Waals surface area contributed by atoms with E-state index in [-0.39, 0.29) is 12.1 Å². The zero-order valence-electron chi connectivity index (χ0n) is 14.5. The third-order valence-electron chi connectivity index (χ3n) is 4.81. The van der Waals surface area contributed by atoms with Crippen molar-refractivity contribution in [2.45, 2.75) is 36.6 Å². The van der Waals surface area contributed by atoms with Gasteiger partial charge in [-0.2, -0.15) is 0 Å². The molecule has 2 aliphatic rings. The van der Waals surface area contributed by atoms with E-state index in [2.05, 4.69) is 10.3 Å². The number of nitrogens with zero attached hydrogens (tertiary/aromatic N) is 2. The number of aliphatic carboxylic acids is 1. The van der Waals surface area contributed by atoms with Gasteiger partial charge in [0.25, 0.3) is 5.91 Å². The van der Waals surface area contributed by atoms with Crippen LogP contribution in [0.1, 0.15) is 25.1 Å². The van der Waals surface area contributed by atoms with E-state index in [4.69, 9.17) is 5.73 Å². The van der Waals surface area contributed by atoms with Crippen LogP contribution in [0.25, 0.3) is 6.08 Å². The van der Waals surface area contributed by atoms with Gasteiger partial charge in [-0.1, -0.05) is 0 Å². The number of pyridine rings is 1. The van der Waals surface area contributed by atoms with Crippen LogP contribution >= 0.6 is 0 Å². The number of β-lactam (4-membered cyclic amide) rings is 1. The van der Waals surface area contributed by atoms with E-state index in [1.807, 2.05) is 0 Å². The first-order chi connectivity index (χ1) is 12.5. The van der Waals surface area contributed by atoms with Crippen molar-refractivity contribution < 1.29 is 27.9 Å². The maximum absolute atomic E-state index is 12.8. The number of fused-ring (bicyclic) bond motifs is 1. The van der Waals surface area contributed by atoms with Crippen LogP contribution in [-0.4, -0.2) is 57.5 Å². The highest BCUT2D eigenvalue weighted by molar-refractivity contribution is 7.94. The molecule has 0 unspecified atom stereocenters. The Morgan fingerprint density at radius 3 is 2.70 bits per heavy atom.